The van der Waals surface area contributed by atoms with Gasteiger partial charge >= 0.3 is 0 Å². The molecule has 5 nitrogen and oxygen atoms in total. The number of aryl methyl sites for hydroxylation is 2. The van der Waals surface area contributed by atoms with E-state index in [2.05, 4.69) is 11.0 Å². The van der Waals surface area contributed by atoms with Crippen LogP contribution in [-0.4, -0.2) is 54.6 Å². The molecule has 148 valence electrons. The molecule has 0 aliphatic heterocycles. The van der Waals surface area contributed by atoms with Crippen molar-refractivity contribution in [2.45, 2.75) is 32.9 Å². The van der Waals surface area contributed by atoms with Crippen molar-refractivity contribution in [1.29, 1.82) is 0 Å². The van der Waals surface area contributed by atoms with Gasteiger partial charge < -0.3 is 19.7 Å². The predicted molar refractivity (Wildman–Crippen MR) is 107 cm³/mol. The summed E-state index contributed by atoms with van der Waals surface area (Å²) in [7, 11) is 1.98. The van der Waals surface area contributed by atoms with Gasteiger partial charge in [0.15, 0.2) is 0 Å². The molecule has 2 N–H and O–H groups in total. The number of benzene rings is 2. The molecule has 2 aromatic carbocycles. The van der Waals surface area contributed by atoms with Gasteiger partial charge in [0.1, 0.15) is 24.2 Å². The van der Waals surface area contributed by atoms with Crippen LogP contribution in [0.4, 0.5) is 0 Å². The average Bonchev–Trinajstić information content (AvgIpc) is 2.62. The Balaban J connectivity index is 1.74. The van der Waals surface area contributed by atoms with E-state index in [1.807, 2.05) is 57.3 Å². The van der Waals surface area contributed by atoms with Gasteiger partial charge in [-0.3, -0.25) is 4.90 Å². The van der Waals surface area contributed by atoms with Crippen LogP contribution in [0, 0.1) is 13.8 Å². The second kappa shape index (κ2) is 10.9. The molecule has 0 radical (unpaired) electrons. The highest BCUT2D eigenvalue weighted by molar-refractivity contribution is 5.35. The molecule has 0 unspecified atom stereocenters. The van der Waals surface area contributed by atoms with Gasteiger partial charge in [-0.05, 0) is 50.2 Å². The summed E-state index contributed by atoms with van der Waals surface area (Å²) in [5.41, 5.74) is 3.43. The van der Waals surface area contributed by atoms with Crippen LogP contribution in [0.1, 0.15) is 23.1 Å². The third kappa shape index (κ3) is 7.59. The summed E-state index contributed by atoms with van der Waals surface area (Å²) >= 11 is 0. The fraction of sp³-hybridized carbons (Fsp3) is 0.455. The highest BCUT2D eigenvalue weighted by Gasteiger charge is 2.11. The molecule has 1 atom stereocenters. The van der Waals surface area contributed by atoms with E-state index in [0.29, 0.717) is 19.6 Å². The highest BCUT2D eigenvalue weighted by atomic mass is 16.5. The van der Waals surface area contributed by atoms with E-state index >= 15 is 0 Å². The van der Waals surface area contributed by atoms with Gasteiger partial charge in [0.05, 0.1) is 6.61 Å². The van der Waals surface area contributed by atoms with E-state index in [1.54, 1.807) is 0 Å². The largest absolute Gasteiger partial charge is 0.494 e. The molecule has 2 aromatic rings. The van der Waals surface area contributed by atoms with Gasteiger partial charge in [0.25, 0.3) is 0 Å². The van der Waals surface area contributed by atoms with Gasteiger partial charge in [-0.2, -0.15) is 0 Å². The second-order valence-electron chi connectivity index (χ2n) is 7.00. The van der Waals surface area contributed by atoms with Crippen LogP contribution in [0.15, 0.2) is 42.5 Å². The minimum absolute atomic E-state index is 0.137. The third-order valence-corrected chi connectivity index (χ3v) is 4.23. The van der Waals surface area contributed by atoms with E-state index < -0.39 is 6.10 Å². The Labute approximate surface area is 162 Å². The van der Waals surface area contributed by atoms with E-state index in [1.165, 1.54) is 5.56 Å². The summed E-state index contributed by atoms with van der Waals surface area (Å²) in [6, 6.07) is 13.9. The molecular weight excluding hydrogens is 342 g/mol. The van der Waals surface area contributed by atoms with Crippen molar-refractivity contribution in [3.63, 3.8) is 0 Å². The molecule has 27 heavy (non-hydrogen) atoms. The SMILES string of the molecule is Cc1ccc(OC[C@H](O)CN(C)Cc2ccc(OCCCO)cc2)c(C)c1. The predicted octanol–water partition coefficient (Wildman–Crippen LogP) is 2.94. The Morgan fingerprint density at radius 3 is 2.44 bits per heavy atom. The zero-order chi connectivity index (χ0) is 19.6. The van der Waals surface area contributed by atoms with Crippen LogP contribution in [0.3, 0.4) is 0 Å². The smallest absolute Gasteiger partial charge is 0.122 e. The van der Waals surface area contributed by atoms with Gasteiger partial charge in [-0.25, -0.2) is 0 Å². The van der Waals surface area contributed by atoms with Crippen molar-refractivity contribution in [2.75, 3.05) is 33.4 Å². The molecule has 0 saturated heterocycles. The fourth-order valence-corrected chi connectivity index (χ4v) is 2.88. The number of nitrogens with zero attached hydrogens (tertiary/aromatic N) is 1. The number of rotatable bonds is 11. The molecule has 0 aliphatic rings. The highest BCUT2D eigenvalue weighted by Crippen LogP contribution is 2.19. The normalized spacial score (nSPS) is 12.2. The molecule has 0 fully saturated rings. The maximum absolute atomic E-state index is 10.3. The average molecular weight is 373 g/mol. The lowest BCUT2D eigenvalue weighted by atomic mass is 10.1. The maximum Gasteiger partial charge on any atom is 0.122 e. The van der Waals surface area contributed by atoms with E-state index in [9.17, 15) is 5.11 Å². The summed E-state index contributed by atoms with van der Waals surface area (Å²) in [6.07, 6.45) is 0.0730. The number of aliphatic hydroxyl groups is 2. The van der Waals surface area contributed by atoms with Gasteiger partial charge in [0.2, 0.25) is 0 Å². The zero-order valence-electron chi connectivity index (χ0n) is 16.5. The minimum atomic E-state index is -0.559. The monoisotopic (exact) mass is 373 g/mol. The number of hydrogen-bond donors (Lipinski definition) is 2. The molecule has 0 aromatic heterocycles. The number of likely N-dealkylation sites (N-methyl/N-ethyl adjacent to an activating group) is 1. The molecule has 2 rings (SSSR count). The van der Waals surface area contributed by atoms with Crippen molar-refractivity contribution in [1.82, 2.24) is 4.90 Å². The third-order valence-electron chi connectivity index (χ3n) is 4.23. The van der Waals surface area contributed by atoms with Crippen LogP contribution < -0.4 is 9.47 Å². The van der Waals surface area contributed by atoms with Gasteiger partial charge in [-0.1, -0.05) is 29.8 Å². The van der Waals surface area contributed by atoms with Crippen LogP contribution in [0.2, 0.25) is 0 Å². The van der Waals surface area contributed by atoms with E-state index in [4.69, 9.17) is 14.6 Å². The van der Waals surface area contributed by atoms with Gasteiger partial charge in [0, 0.05) is 26.1 Å². The summed E-state index contributed by atoms with van der Waals surface area (Å²) in [5.74, 6) is 1.62. The lowest BCUT2D eigenvalue weighted by Crippen LogP contribution is -2.32. The first-order chi connectivity index (χ1) is 13.0. The number of ether oxygens (including phenoxy) is 2. The molecule has 0 bridgehead atoms. The Hall–Kier alpha value is -2.08. The van der Waals surface area contributed by atoms with Crippen molar-refractivity contribution in [3.05, 3.63) is 59.2 Å². The first-order valence-electron chi connectivity index (χ1n) is 9.37. The molecule has 0 spiro atoms. The van der Waals surface area contributed by atoms with Crippen molar-refractivity contribution in [2.24, 2.45) is 0 Å². The molecule has 0 aliphatic carbocycles. The standard InChI is InChI=1S/C22H31NO4/c1-17-5-10-22(18(2)13-17)27-16-20(25)15-23(3)14-19-6-8-21(9-7-19)26-12-4-11-24/h5-10,13,20,24-25H,4,11-12,14-16H2,1-3H3/t20-/m1/s1. The molecular formula is C22H31NO4. The fourth-order valence-electron chi connectivity index (χ4n) is 2.88. The van der Waals surface area contributed by atoms with Crippen molar-refractivity contribution >= 4 is 0 Å². The van der Waals surface area contributed by atoms with Crippen LogP contribution in [-0.2, 0) is 6.54 Å². The van der Waals surface area contributed by atoms with Crippen LogP contribution >= 0.6 is 0 Å². The number of aliphatic hydroxyl groups excluding tert-OH is 2. The molecule has 0 saturated carbocycles. The quantitative estimate of drug-likeness (QED) is 0.593. The first kappa shape index (κ1) is 21.2. The molecule has 5 heteroatoms. The first-order valence-corrected chi connectivity index (χ1v) is 9.37. The lowest BCUT2D eigenvalue weighted by Gasteiger charge is -2.21. The van der Waals surface area contributed by atoms with Crippen LogP contribution in [0.5, 0.6) is 11.5 Å². The zero-order valence-corrected chi connectivity index (χ0v) is 16.5. The molecule has 0 amide bonds. The van der Waals surface area contributed by atoms with Crippen molar-refractivity contribution in [3.8, 4) is 11.5 Å². The summed E-state index contributed by atoms with van der Waals surface area (Å²) in [5, 5.41) is 19.0. The Bertz CT molecular complexity index is 687. The maximum atomic E-state index is 10.3. The second-order valence-corrected chi connectivity index (χ2v) is 7.00. The minimum Gasteiger partial charge on any atom is -0.494 e. The summed E-state index contributed by atoms with van der Waals surface area (Å²) in [4.78, 5) is 2.07. The van der Waals surface area contributed by atoms with Crippen molar-refractivity contribution < 1.29 is 19.7 Å². The lowest BCUT2D eigenvalue weighted by molar-refractivity contribution is 0.0741. The Morgan fingerprint density at radius 1 is 1.04 bits per heavy atom. The Kier molecular flexibility index (Phi) is 8.58. The number of hydrogen-bond acceptors (Lipinski definition) is 5. The topological polar surface area (TPSA) is 62.2 Å². The van der Waals surface area contributed by atoms with Crippen LogP contribution in [0.25, 0.3) is 0 Å². The Morgan fingerprint density at radius 2 is 1.78 bits per heavy atom. The summed E-state index contributed by atoms with van der Waals surface area (Å²) < 4.78 is 11.3. The molecule has 0 heterocycles. The van der Waals surface area contributed by atoms with E-state index in [-0.39, 0.29) is 13.2 Å². The summed E-state index contributed by atoms with van der Waals surface area (Å²) in [6.45, 7) is 6.25. The van der Waals surface area contributed by atoms with Gasteiger partial charge in [-0.15, -0.1) is 0 Å². The van der Waals surface area contributed by atoms with E-state index in [0.717, 1.165) is 29.2 Å².